The molecule has 4 heteroatoms. The second kappa shape index (κ2) is 5.65. The molecule has 0 N–H and O–H groups in total. The van der Waals surface area contributed by atoms with E-state index in [1.807, 2.05) is 12.1 Å². The highest BCUT2D eigenvalue weighted by Crippen LogP contribution is 2.38. The number of hydrogen-bond donors (Lipinski definition) is 0. The minimum Gasteiger partial charge on any atom is -0.339 e. The molecule has 0 spiro atoms. The normalized spacial score (nSPS) is 32.0. The van der Waals surface area contributed by atoms with Crippen LogP contribution < -0.4 is 0 Å². The van der Waals surface area contributed by atoms with Crippen LogP contribution in [-0.4, -0.2) is 41.4 Å². The molecule has 4 rings (SSSR count). The van der Waals surface area contributed by atoms with Crippen molar-refractivity contribution in [3.05, 3.63) is 35.6 Å². The molecule has 2 bridgehead atoms. The summed E-state index contributed by atoms with van der Waals surface area (Å²) >= 11 is 0. The van der Waals surface area contributed by atoms with Crippen molar-refractivity contribution in [3.8, 4) is 0 Å². The summed E-state index contributed by atoms with van der Waals surface area (Å²) in [5.74, 6) is 1.43. The van der Waals surface area contributed by atoms with Crippen molar-refractivity contribution in [2.75, 3.05) is 19.6 Å². The molecule has 118 valence electrons. The largest absolute Gasteiger partial charge is 0.339 e. The summed E-state index contributed by atoms with van der Waals surface area (Å²) in [6.07, 6.45) is 4.25. The molecule has 3 atom stereocenters. The smallest absolute Gasteiger partial charge is 0.222 e. The molecule has 0 radical (unpaired) electrons. The van der Waals surface area contributed by atoms with Gasteiger partial charge in [-0.15, -0.1) is 0 Å². The fourth-order valence-electron chi connectivity index (χ4n) is 4.69. The molecule has 3 saturated heterocycles. The number of hydrogen-bond acceptors (Lipinski definition) is 2. The average molecular weight is 302 g/mol. The van der Waals surface area contributed by atoms with Gasteiger partial charge >= 0.3 is 0 Å². The van der Waals surface area contributed by atoms with E-state index < -0.39 is 0 Å². The lowest BCUT2D eigenvalue weighted by Gasteiger charge is -2.52. The first kappa shape index (κ1) is 14.2. The minimum absolute atomic E-state index is 0.171. The third kappa shape index (κ3) is 2.65. The molecule has 0 unspecified atom stereocenters. The first-order valence-corrected chi connectivity index (χ1v) is 8.45. The zero-order valence-electron chi connectivity index (χ0n) is 12.9. The summed E-state index contributed by atoms with van der Waals surface area (Å²) in [5.41, 5.74) is 1.18. The van der Waals surface area contributed by atoms with E-state index in [-0.39, 0.29) is 5.82 Å². The van der Waals surface area contributed by atoms with Crippen LogP contribution in [-0.2, 0) is 11.3 Å². The van der Waals surface area contributed by atoms with Crippen LogP contribution in [0.25, 0.3) is 0 Å². The summed E-state index contributed by atoms with van der Waals surface area (Å²) in [7, 11) is 0. The monoisotopic (exact) mass is 302 g/mol. The number of amides is 1. The number of carbonyl (C=O) groups excluding carboxylic acids is 1. The molecular formula is C18H23FN2O. The van der Waals surface area contributed by atoms with Gasteiger partial charge in [-0.3, -0.25) is 9.69 Å². The van der Waals surface area contributed by atoms with E-state index >= 15 is 0 Å². The van der Waals surface area contributed by atoms with Gasteiger partial charge in [0.1, 0.15) is 5.82 Å². The second-order valence-corrected chi connectivity index (χ2v) is 7.19. The van der Waals surface area contributed by atoms with E-state index in [0.29, 0.717) is 23.8 Å². The molecule has 1 aromatic rings. The first-order chi connectivity index (χ1) is 10.7. The lowest BCUT2D eigenvalue weighted by molar-refractivity contribution is -0.145. The average Bonchev–Trinajstić information content (AvgIpc) is 2.51. The Bertz CT molecular complexity index is 559. The molecule has 1 aromatic carbocycles. The Morgan fingerprint density at radius 2 is 1.95 bits per heavy atom. The van der Waals surface area contributed by atoms with Gasteiger partial charge in [0.15, 0.2) is 0 Å². The number of rotatable bonds is 2. The first-order valence-electron chi connectivity index (χ1n) is 8.45. The maximum Gasteiger partial charge on any atom is 0.222 e. The van der Waals surface area contributed by atoms with Crippen LogP contribution in [0.1, 0.15) is 31.2 Å². The summed E-state index contributed by atoms with van der Waals surface area (Å²) in [5, 5.41) is 0. The SMILES string of the molecule is O=C1CCC[C@H]2[C@H]3C[C@@H](CN(Cc4ccc(F)cc4)C3)CN12. The Morgan fingerprint density at radius 1 is 1.14 bits per heavy atom. The van der Waals surface area contributed by atoms with Crippen molar-refractivity contribution >= 4 is 5.91 Å². The van der Waals surface area contributed by atoms with E-state index in [1.165, 1.54) is 18.4 Å². The standard InChI is InChI=1S/C18H23FN2O/c19-16-6-4-13(5-7-16)9-20-10-14-8-15(12-20)17-2-1-3-18(22)21(17)11-14/h4-7,14-15,17H,1-3,8-12H2/t14-,15-,17-/m0/s1. The van der Waals surface area contributed by atoms with Crippen molar-refractivity contribution in [1.82, 2.24) is 9.80 Å². The number of likely N-dealkylation sites (tertiary alicyclic amines) is 1. The maximum absolute atomic E-state index is 13.0. The molecule has 1 amide bonds. The lowest BCUT2D eigenvalue weighted by atomic mass is 9.76. The van der Waals surface area contributed by atoms with Crippen molar-refractivity contribution < 1.29 is 9.18 Å². The fourth-order valence-corrected chi connectivity index (χ4v) is 4.69. The number of benzene rings is 1. The lowest BCUT2D eigenvalue weighted by Crippen LogP contribution is -2.60. The Balaban J connectivity index is 1.46. The van der Waals surface area contributed by atoms with Crippen molar-refractivity contribution in [3.63, 3.8) is 0 Å². The Labute approximate surface area is 131 Å². The molecule has 3 aliphatic rings. The quantitative estimate of drug-likeness (QED) is 0.838. The molecule has 3 heterocycles. The summed E-state index contributed by atoms with van der Waals surface area (Å²) in [6.45, 7) is 3.97. The molecule has 0 saturated carbocycles. The van der Waals surface area contributed by atoms with Gasteiger partial charge in [-0.2, -0.15) is 0 Å². The topological polar surface area (TPSA) is 23.6 Å². The predicted octanol–water partition coefficient (Wildman–Crippen LogP) is 2.66. The predicted molar refractivity (Wildman–Crippen MR) is 82.6 cm³/mol. The molecule has 0 aromatic heterocycles. The van der Waals surface area contributed by atoms with Gasteiger partial charge in [0.25, 0.3) is 0 Å². The molecule has 3 nitrogen and oxygen atoms in total. The van der Waals surface area contributed by atoms with Crippen LogP contribution >= 0.6 is 0 Å². The van der Waals surface area contributed by atoms with Crippen LogP contribution in [0.4, 0.5) is 4.39 Å². The number of piperidine rings is 3. The Morgan fingerprint density at radius 3 is 2.77 bits per heavy atom. The summed E-state index contributed by atoms with van der Waals surface area (Å²) < 4.78 is 13.0. The molecule has 0 aliphatic carbocycles. The third-order valence-corrected chi connectivity index (χ3v) is 5.57. The maximum atomic E-state index is 13.0. The summed E-state index contributed by atoms with van der Waals surface area (Å²) in [4.78, 5) is 16.8. The van der Waals surface area contributed by atoms with E-state index in [0.717, 1.165) is 39.0 Å². The molecular weight excluding hydrogens is 279 g/mol. The second-order valence-electron chi connectivity index (χ2n) is 7.19. The van der Waals surface area contributed by atoms with Crippen LogP contribution in [0, 0.1) is 17.7 Å². The van der Waals surface area contributed by atoms with Gasteiger partial charge in [0.2, 0.25) is 5.91 Å². The van der Waals surface area contributed by atoms with Crippen molar-refractivity contribution in [1.29, 1.82) is 0 Å². The van der Waals surface area contributed by atoms with Crippen molar-refractivity contribution in [2.24, 2.45) is 11.8 Å². The van der Waals surface area contributed by atoms with Gasteiger partial charge in [0.05, 0.1) is 0 Å². The zero-order valence-corrected chi connectivity index (χ0v) is 12.9. The van der Waals surface area contributed by atoms with Gasteiger partial charge in [-0.1, -0.05) is 12.1 Å². The Hall–Kier alpha value is -1.42. The molecule has 3 aliphatic heterocycles. The number of fused-ring (bicyclic) bond motifs is 4. The van der Waals surface area contributed by atoms with Crippen LogP contribution in [0.2, 0.25) is 0 Å². The molecule has 3 fully saturated rings. The number of nitrogens with zero attached hydrogens (tertiary/aromatic N) is 2. The third-order valence-electron chi connectivity index (χ3n) is 5.57. The van der Waals surface area contributed by atoms with E-state index in [9.17, 15) is 9.18 Å². The van der Waals surface area contributed by atoms with Crippen molar-refractivity contribution in [2.45, 2.75) is 38.3 Å². The van der Waals surface area contributed by atoms with E-state index in [4.69, 9.17) is 0 Å². The Kier molecular flexibility index (Phi) is 3.65. The van der Waals surface area contributed by atoms with Gasteiger partial charge < -0.3 is 4.90 Å². The molecule has 22 heavy (non-hydrogen) atoms. The number of carbonyl (C=O) groups is 1. The minimum atomic E-state index is -0.171. The summed E-state index contributed by atoms with van der Waals surface area (Å²) in [6, 6.07) is 7.32. The highest BCUT2D eigenvalue weighted by atomic mass is 19.1. The fraction of sp³-hybridized carbons (Fsp3) is 0.611. The van der Waals surface area contributed by atoms with E-state index in [1.54, 1.807) is 12.1 Å². The van der Waals surface area contributed by atoms with Crippen LogP contribution in [0.15, 0.2) is 24.3 Å². The number of halogens is 1. The van der Waals surface area contributed by atoms with Gasteiger partial charge in [0, 0.05) is 38.6 Å². The zero-order chi connectivity index (χ0) is 15.1. The van der Waals surface area contributed by atoms with E-state index in [2.05, 4.69) is 9.80 Å². The van der Waals surface area contributed by atoms with Gasteiger partial charge in [-0.05, 0) is 48.8 Å². The van der Waals surface area contributed by atoms with Gasteiger partial charge in [-0.25, -0.2) is 4.39 Å². The highest BCUT2D eigenvalue weighted by molar-refractivity contribution is 5.77. The van der Waals surface area contributed by atoms with Crippen LogP contribution in [0.5, 0.6) is 0 Å². The van der Waals surface area contributed by atoms with Crippen LogP contribution in [0.3, 0.4) is 0 Å². The highest BCUT2D eigenvalue weighted by Gasteiger charge is 2.43.